The van der Waals surface area contributed by atoms with Gasteiger partial charge < -0.3 is 9.63 Å². The highest BCUT2D eigenvalue weighted by Crippen LogP contribution is 1.95. The van der Waals surface area contributed by atoms with Crippen LogP contribution in [0, 0.1) is 0 Å². The molecule has 3 heteroatoms. The van der Waals surface area contributed by atoms with Crippen LogP contribution in [0.5, 0.6) is 0 Å². The van der Waals surface area contributed by atoms with E-state index in [0.717, 1.165) is 5.69 Å². The number of hydrogen-bond acceptors (Lipinski definition) is 3. The topological polar surface area (TPSA) is 46.3 Å². The van der Waals surface area contributed by atoms with E-state index in [1.165, 1.54) is 6.26 Å². The molecule has 0 amide bonds. The summed E-state index contributed by atoms with van der Waals surface area (Å²) in [5.41, 5.74) is 0.726. The van der Waals surface area contributed by atoms with E-state index in [-0.39, 0.29) is 6.61 Å². The van der Waals surface area contributed by atoms with Crippen molar-refractivity contribution >= 4 is 6.08 Å². The monoisotopic (exact) mass is 125 g/mol. The van der Waals surface area contributed by atoms with Gasteiger partial charge in [-0.3, -0.25) is 0 Å². The first-order valence-electron chi connectivity index (χ1n) is 2.61. The fourth-order valence-electron chi connectivity index (χ4n) is 0.481. The maximum atomic E-state index is 8.32. The van der Waals surface area contributed by atoms with Gasteiger partial charge in [-0.1, -0.05) is 11.2 Å². The quantitative estimate of drug-likeness (QED) is 0.632. The summed E-state index contributed by atoms with van der Waals surface area (Å²) in [4.78, 5) is 0. The Morgan fingerprint density at radius 1 is 1.78 bits per heavy atom. The zero-order valence-electron chi connectivity index (χ0n) is 4.82. The van der Waals surface area contributed by atoms with Gasteiger partial charge in [0, 0.05) is 6.07 Å². The van der Waals surface area contributed by atoms with Crippen molar-refractivity contribution < 1.29 is 9.63 Å². The molecule has 0 aliphatic carbocycles. The molecule has 9 heavy (non-hydrogen) atoms. The molecule has 1 heterocycles. The zero-order valence-corrected chi connectivity index (χ0v) is 4.82. The van der Waals surface area contributed by atoms with Crippen molar-refractivity contribution in [3.63, 3.8) is 0 Å². The van der Waals surface area contributed by atoms with Gasteiger partial charge in [0.15, 0.2) is 0 Å². The van der Waals surface area contributed by atoms with Crippen molar-refractivity contribution in [3.8, 4) is 0 Å². The Morgan fingerprint density at radius 2 is 2.67 bits per heavy atom. The molecule has 0 fully saturated rings. The Balaban J connectivity index is 2.57. The summed E-state index contributed by atoms with van der Waals surface area (Å²) in [7, 11) is 0. The van der Waals surface area contributed by atoms with Crippen molar-refractivity contribution in [2.45, 2.75) is 0 Å². The van der Waals surface area contributed by atoms with Gasteiger partial charge in [0.25, 0.3) is 0 Å². The lowest BCUT2D eigenvalue weighted by Crippen LogP contribution is -1.71. The lowest BCUT2D eigenvalue weighted by molar-refractivity contribution is 0.343. The molecular formula is C6H7NO2. The third kappa shape index (κ3) is 1.70. The van der Waals surface area contributed by atoms with Crippen molar-refractivity contribution in [1.82, 2.24) is 5.16 Å². The highest BCUT2D eigenvalue weighted by atomic mass is 16.5. The molecule has 1 aromatic heterocycles. The average molecular weight is 125 g/mol. The second-order valence-corrected chi connectivity index (χ2v) is 1.51. The molecule has 0 aliphatic heterocycles. The highest BCUT2D eigenvalue weighted by molar-refractivity contribution is 5.42. The molecule has 48 valence electrons. The maximum Gasteiger partial charge on any atom is 0.124 e. The van der Waals surface area contributed by atoms with Crippen molar-refractivity contribution in [2.75, 3.05) is 6.61 Å². The molecule has 0 aliphatic rings. The molecule has 1 aromatic rings. The van der Waals surface area contributed by atoms with E-state index in [0.29, 0.717) is 0 Å². The van der Waals surface area contributed by atoms with Crippen LogP contribution in [0.15, 0.2) is 22.9 Å². The van der Waals surface area contributed by atoms with Crippen LogP contribution in [0.2, 0.25) is 0 Å². The molecule has 0 atom stereocenters. The normalized spacial score (nSPS) is 10.8. The molecular weight excluding hydrogens is 118 g/mol. The smallest absolute Gasteiger partial charge is 0.124 e. The van der Waals surface area contributed by atoms with Gasteiger partial charge in [-0.15, -0.1) is 0 Å². The van der Waals surface area contributed by atoms with Crippen molar-refractivity contribution in [1.29, 1.82) is 0 Å². The minimum Gasteiger partial charge on any atom is -0.392 e. The lowest BCUT2D eigenvalue weighted by atomic mass is 10.4. The summed E-state index contributed by atoms with van der Waals surface area (Å²) in [5.74, 6) is 0. The number of nitrogens with zero attached hydrogens (tertiary/aromatic N) is 1. The molecule has 3 nitrogen and oxygen atoms in total. The van der Waals surface area contributed by atoms with E-state index in [1.807, 2.05) is 0 Å². The van der Waals surface area contributed by atoms with E-state index in [9.17, 15) is 0 Å². The summed E-state index contributed by atoms with van der Waals surface area (Å²) >= 11 is 0. The standard InChI is InChI=1S/C6H7NO2/c8-4-1-2-6-3-5-9-7-6/h1-3,5,8H,4H2/b2-1+. The summed E-state index contributed by atoms with van der Waals surface area (Å²) in [6.07, 6.45) is 4.76. The Labute approximate surface area is 52.6 Å². The Kier molecular flexibility index (Phi) is 2.04. The Hall–Kier alpha value is -1.09. The maximum absolute atomic E-state index is 8.32. The van der Waals surface area contributed by atoms with E-state index in [2.05, 4.69) is 9.68 Å². The molecule has 0 aromatic carbocycles. The third-order valence-electron chi connectivity index (χ3n) is 0.852. The summed E-state index contributed by atoms with van der Waals surface area (Å²) in [6, 6.07) is 1.71. The van der Waals surface area contributed by atoms with Gasteiger partial charge in [0.05, 0.1) is 6.61 Å². The van der Waals surface area contributed by atoms with Crippen LogP contribution in [0.1, 0.15) is 5.69 Å². The summed E-state index contributed by atoms with van der Waals surface area (Å²) in [5, 5.41) is 11.9. The van der Waals surface area contributed by atoms with Crippen LogP contribution in [0.25, 0.3) is 6.08 Å². The van der Waals surface area contributed by atoms with E-state index in [4.69, 9.17) is 5.11 Å². The van der Waals surface area contributed by atoms with Crippen LogP contribution >= 0.6 is 0 Å². The first kappa shape index (κ1) is 6.04. The van der Waals surface area contributed by atoms with Crippen LogP contribution in [-0.2, 0) is 0 Å². The molecule has 1 rings (SSSR count). The SMILES string of the molecule is OC/C=C/c1ccon1. The number of rotatable bonds is 2. The predicted octanol–water partition coefficient (Wildman–Crippen LogP) is 0.680. The highest BCUT2D eigenvalue weighted by Gasteiger charge is 1.85. The van der Waals surface area contributed by atoms with Crippen molar-refractivity contribution in [2.24, 2.45) is 0 Å². The molecule has 0 unspecified atom stereocenters. The molecule has 0 bridgehead atoms. The van der Waals surface area contributed by atoms with E-state index in [1.54, 1.807) is 18.2 Å². The predicted molar refractivity (Wildman–Crippen MR) is 32.6 cm³/mol. The lowest BCUT2D eigenvalue weighted by Gasteiger charge is -1.76. The van der Waals surface area contributed by atoms with Crippen molar-refractivity contribution in [3.05, 3.63) is 24.1 Å². The first-order chi connectivity index (χ1) is 4.43. The molecule has 0 spiro atoms. The van der Waals surface area contributed by atoms with E-state index >= 15 is 0 Å². The Morgan fingerprint density at radius 3 is 3.22 bits per heavy atom. The van der Waals surface area contributed by atoms with Crippen LogP contribution in [0.3, 0.4) is 0 Å². The van der Waals surface area contributed by atoms with Gasteiger partial charge in [-0.2, -0.15) is 0 Å². The molecule has 0 saturated carbocycles. The Bertz CT molecular complexity index is 179. The van der Waals surface area contributed by atoms with Gasteiger partial charge >= 0.3 is 0 Å². The molecule has 0 saturated heterocycles. The second kappa shape index (κ2) is 3.04. The van der Waals surface area contributed by atoms with Crippen LogP contribution < -0.4 is 0 Å². The number of aliphatic hydroxyl groups is 1. The minimum absolute atomic E-state index is 0.0346. The van der Waals surface area contributed by atoms with Gasteiger partial charge in [-0.25, -0.2) is 0 Å². The number of aliphatic hydroxyl groups excluding tert-OH is 1. The van der Waals surface area contributed by atoms with E-state index < -0.39 is 0 Å². The average Bonchev–Trinajstić information content (AvgIpc) is 2.34. The van der Waals surface area contributed by atoms with Gasteiger partial charge in [0.2, 0.25) is 0 Å². The fourth-order valence-corrected chi connectivity index (χ4v) is 0.481. The minimum atomic E-state index is 0.0346. The number of hydrogen-bond donors (Lipinski definition) is 1. The summed E-state index contributed by atoms with van der Waals surface area (Å²) < 4.78 is 4.53. The first-order valence-corrected chi connectivity index (χ1v) is 2.61. The summed E-state index contributed by atoms with van der Waals surface area (Å²) in [6.45, 7) is 0.0346. The second-order valence-electron chi connectivity index (χ2n) is 1.51. The fraction of sp³-hybridized carbons (Fsp3) is 0.167. The number of aromatic nitrogens is 1. The van der Waals surface area contributed by atoms with Gasteiger partial charge in [-0.05, 0) is 6.08 Å². The van der Waals surface area contributed by atoms with Crippen LogP contribution in [-0.4, -0.2) is 16.9 Å². The zero-order chi connectivity index (χ0) is 6.53. The molecule has 0 radical (unpaired) electrons. The van der Waals surface area contributed by atoms with Crippen LogP contribution in [0.4, 0.5) is 0 Å². The van der Waals surface area contributed by atoms with Gasteiger partial charge in [0.1, 0.15) is 12.0 Å². The largest absolute Gasteiger partial charge is 0.392 e. The third-order valence-corrected chi connectivity index (χ3v) is 0.852. The molecule has 1 N–H and O–H groups in total.